The molecular weight excluding hydrogens is 178 g/mol. The van der Waals surface area contributed by atoms with Crippen LogP contribution in [-0.4, -0.2) is 28.2 Å². The zero-order valence-electron chi connectivity index (χ0n) is 8.66. The summed E-state index contributed by atoms with van der Waals surface area (Å²) in [6.07, 6.45) is 2.06. The van der Waals surface area contributed by atoms with E-state index in [1.54, 1.807) is 0 Å². The molecule has 4 nitrogen and oxygen atoms in total. The fraction of sp³-hybridized carbons (Fsp3) is 0.700. The molecule has 4 heteroatoms. The van der Waals surface area contributed by atoms with Gasteiger partial charge in [-0.2, -0.15) is 0 Å². The maximum absolute atomic E-state index is 5.31. The largest absolute Gasteiger partial charge is 0.381 e. The molecule has 0 radical (unpaired) electrons. The van der Waals surface area contributed by atoms with Crippen molar-refractivity contribution in [1.82, 2.24) is 15.0 Å². The van der Waals surface area contributed by atoms with E-state index in [0.29, 0.717) is 5.92 Å². The molecule has 1 aromatic rings. The van der Waals surface area contributed by atoms with E-state index in [2.05, 4.69) is 15.0 Å². The van der Waals surface area contributed by atoms with Crippen molar-refractivity contribution in [3.05, 3.63) is 17.5 Å². The van der Waals surface area contributed by atoms with Crippen molar-refractivity contribution in [3.8, 4) is 0 Å². The molecule has 14 heavy (non-hydrogen) atoms. The van der Waals surface area contributed by atoms with Gasteiger partial charge >= 0.3 is 0 Å². The Kier molecular flexibility index (Phi) is 2.72. The summed E-state index contributed by atoms with van der Waals surface area (Å²) >= 11 is 0. The molecule has 1 aliphatic heterocycles. The first kappa shape index (κ1) is 9.52. The van der Waals surface area contributed by atoms with Crippen LogP contribution in [0, 0.1) is 13.8 Å². The number of nitrogens with zero attached hydrogens (tertiary/aromatic N) is 3. The van der Waals surface area contributed by atoms with Crippen LogP contribution in [0.1, 0.15) is 36.2 Å². The summed E-state index contributed by atoms with van der Waals surface area (Å²) in [5, 5.41) is 0. The van der Waals surface area contributed by atoms with E-state index in [0.717, 1.165) is 43.5 Å². The third-order valence-electron chi connectivity index (χ3n) is 2.46. The van der Waals surface area contributed by atoms with Gasteiger partial charge in [0.2, 0.25) is 0 Å². The summed E-state index contributed by atoms with van der Waals surface area (Å²) in [6, 6.07) is 0. The molecule has 1 saturated heterocycles. The molecule has 0 aliphatic carbocycles. The second-order valence-electron chi connectivity index (χ2n) is 3.67. The minimum absolute atomic E-state index is 0.462. The van der Waals surface area contributed by atoms with Gasteiger partial charge in [-0.05, 0) is 26.7 Å². The fourth-order valence-electron chi connectivity index (χ4n) is 1.78. The highest BCUT2D eigenvalue weighted by Gasteiger charge is 2.19. The number of aryl methyl sites for hydroxylation is 2. The maximum atomic E-state index is 5.31. The number of hydrogen-bond donors (Lipinski definition) is 0. The summed E-state index contributed by atoms with van der Waals surface area (Å²) in [5.74, 6) is 3.04. The Hall–Kier alpha value is -1.03. The van der Waals surface area contributed by atoms with Crippen LogP contribution in [0.4, 0.5) is 0 Å². The standard InChI is InChI=1S/C10H15N3O/c1-7-11-8(2)13-10(12-7)9-3-5-14-6-4-9/h9H,3-6H2,1-2H3. The van der Waals surface area contributed by atoms with E-state index in [4.69, 9.17) is 4.74 Å². The molecule has 0 aromatic carbocycles. The molecule has 0 N–H and O–H groups in total. The molecule has 1 fully saturated rings. The second kappa shape index (κ2) is 4.00. The van der Waals surface area contributed by atoms with E-state index < -0.39 is 0 Å². The highest BCUT2D eigenvalue weighted by atomic mass is 16.5. The average Bonchev–Trinajstić information content (AvgIpc) is 2.18. The van der Waals surface area contributed by atoms with Gasteiger partial charge in [-0.25, -0.2) is 15.0 Å². The topological polar surface area (TPSA) is 47.9 Å². The Morgan fingerprint density at radius 1 is 1.00 bits per heavy atom. The van der Waals surface area contributed by atoms with Crippen LogP contribution < -0.4 is 0 Å². The Morgan fingerprint density at radius 3 is 2.14 bits per heavy atom. The SMILES string of the molecule is Cc1nc(C)nc(C2CCOCC2)n1. The number of rotatable bonds is 1. The van der Waals surface area contributed by atoms with Gasteiger partial charge in [0.25, 0.3) is 0 Å². The van der Waals surface area contributed by atoms with Crippen molar-refractivity contribution in [3.63, 3.8) is 0 Å². The summed E-state index contributed by atoms with van der Waals surface area (Å²) in [7, 11) is 0. The van der Waals surface area contributed by atoms with Gasteiger partial charge in [-0.15, -0.1) is 0 Å². The molecule has 0 atom stereocenters. The van der Waals surface area contributed by atoms with Crippen molar-refractivity contribution in [2.75, 3.05) is 13.2 Å². The lowest BCUT2D eigenvalue weighted by molar-refractivity contribution is 0.0834. The zero-order valence-corrected chi connectivity index (χ0v) is 8.66. The van der Waals surface area contributed by atoms with Gasteiger partial charge in [0.05, 0.1) is 0 Å². The third kappa shape index (κ3) is 2.07. The molecule has 0 bridgehead atoms. The van der Waals surface area contributed by atoms with Crippen LogP contribution in [0.15, 0.2) is 0 Å². The van der Waals surface area contributed by atoms with Crippen LogP contribution >= 0.6 is 0 Å². The van der Waals surface area contributed by atoms with Crippen molar-refractivity contribution in [1.29, 1.82) is 0 Å². The first-order valence-electron chi connectivity index (χ1n) is 5.02. The van der Waals surface area contributed by atoms with Gasteiger partial charge in [0.1, 0.15) is 17.5 Å². The van der Waals surface area contributed by atoms with E-state index in [-0.39, 0.29) is 0 Å². The lowest BCUT2D eigenvalue weighted by Crippen LogP contribution is -2.17. The van der Waals surface area contributed by atoms with Crippen molar-refractivity contribution in [2.24, 2.45) is 0 Å². The number of aromatic nitrogens is 3. The molecule has 1 aromatic heterocycles. The number of ether oxygens (including phenoxy) is 1. The van der Waals surface area contributed by atoms with Crippen LogP contribution in [0.2, 0.25) is 0 Å². The Labute approximate surface area is 83.8 Å². The van der Waals surface area contributed by atoms with Gasteiger partial charge in [-0.1, -0.05) is 0 Å². The molecule has 0 saturated carbocycles. The average molecular weight is 193 g/mol. The van der Waals surface area contributed by atoms with E-state index >= 15 is 0 Å². The lowest BCUT2D eigenvalue weighted by atomic mass is 9.99. The van der Waals surface area contributed by atoms with Crippen molar-refractivity contribution in [2.45, 2.75) is 32.6 Å². The van der Waals surface area contributed by atoms with Crippen molar-refractivity contribution < 1.29 is 4.74 Å². The number of hydrogen-bond acceptors (Lipinski definition) is 4. The zero-order chi connectivity index (χ0) is 9.97. The molecule has 76 valence electrons. The quantitative estimate of drug-likeness (QED) is 0.676. The molecule has 1 aliphatic rings. The maximum Gasteiger partial charge on any atom is 0.135 e. The second-order valence-corrected chi connectivity index (χ2v) is 3.67. The predicted octanol–water partition coefficient (Wildman–Crippen LogP) is 1.38. The molecule has 2 heterocycles. The minimum atomic E-state index is 0.462. The van der Waals surface area contributed by atoms with Gasteiger partial charge in [0, 0.05) is 19.1 Å². The van der Waals surface area contributed by atoms with Gasteiger partial charge in [-0.3, -0.25) is 0 Å². The minimum Gasteiger partial charge on any atom is -0.381 e. The smallest absolute Gasteiger partial charge is 0.135 e. The normalized spacial score (nSPS) is 18.4. The molecule has 0 unspecified atom stereocenters. The molecule has 0 amide bonds. The Balaban J connectivity index is 2.21. The summed E-state index contributed by atoms with van der Waals surface area (Å²) in [4.78, 5) is 12.9. The van der Waals surface area contributed by atoms with E-state index in [1.165, 1.54) is 0 Å². The van der Waals surface area contributed by atoms with Crippen LogP contribution in [-0.2, 0) is 4.74 Å². The first-order chi connectivity index (χ1) is 6.75. The molecule has 0 spiro atoms. The van der Waals surface area contributed by atoms with Crippen LogP contribution in [0.3, 0.4) is 0 Å². The Morgan fingerprint density at radius 2 is 1.57 bits per heavy atom. The van der Waals surface area contributed by atoms with E-state index in [1.807, 2.05) is 13.8 Å². The highest BCUT2D eigenvalue weighted by molar-refractivity contribution is 5.01. The fourth-order valence-corrected chi connectivity index (χ4v) is 1.78. The predicted molar refractivity (Wildman–Crippen MR) is 52.1 cm³/mol. The Bertz CT molecular complexity index is 301. The summed E-state index contributed by atoms with van der Waals surface area (Å²) < 4.78 is 5.31. The van der Waals surface area contributed by atoms with Crippen molar-refractivity contribution >= 4 is 0 Å². The van der Waals surface area contributed by atoms with Crippen LogP contribution in [0.25, 0.3) is 0 Å². The monoisotopic (exact) mass is 193 g/mol. The first-order valence-corrected chi connectivity index (χ1v) is 5.02. The molecule has 2 rings (SSSR count). The third-order valence-corrected chi connectivity index (χ3v) is 2.46. The van der Waals surface area contributed by atoms with Gasteiger partial charge < -0.3 is 4.74 Å². The molecular formula is C10H15N3O. The lowest BCUT2D eigenvalue weighted by Gasteiger charge is -2.20. The van der Waals surface area contributed by atoms with E-state index in [9.17, 15) is 0 Å². The summed E-state index contributed by atoms with van der Waals surface area (Å²) in [6.45, 7) is 5.48. The summed E-state index contributed by atoms with van der Waals surface area (Å²) in [5.41, 5.74) is 0. The van der Waals surface area contributed by atoms with Crippen LogP contribution in [0.5, 0.6) is 0 Å². The highest BCUT2D eigenvalue weighted by Crippen LogP contribution is 2.23. The van der Waals surface area contributed by atoms with Gasteiger partial charge in [0.15, 0.2) is 0 Å².